The van der Waals surface area contributed by atoms with Crippen LogP contribution in [-0.4, -0.2) is 44.8 Å². The number of methoxy groups -OCH3 is 2. The molecule has 0 aliphatic heterocycles. The molecular weight excluding hydrogens is 346 g/mol. The molecule has 6 heteroatoms. The maximum atomic E-state index is 13.2. The number of nitrogens with zero attached hydrogens (tertiary/aromatic N) is 1. The van der Waals surface area contributed by atoms with E-state index in [1.165, 1.54) is 14.2 Å². The van der Waals surface area contributed by atoms with E-state index < -0.39 is 0 Å². The minimum Gasteiger partial charge on any atom is -0.495 e. The molecule has 4 rings (SSSR count). The van der Waals surface area contributed by atoms with E-state index in [1.54, 1.807) is 24.3 Å². The van der Waals surface area contributed by atoms with E-state index in [9.17, 15) is 9.59 Å². The summed E-state index contributed by atoms with van der Waals surface area (Å²) in [6.45, 7) is 0.563. The Morgan fingerprint density at radius 3 is 2.00 bits per heavy atom. The van der Waals surface area contributed by atoms with Gasteiger partial charge in [-0.2, -0.15) is 0 Å². The maximum absolute atomic E-state index is 13.2. The van der Waals surface area contributed by atoms with Gasteiger partial charge in [0.15, 0.2) is 22.9 Å². The standard InChI is InChI=1S/C21H19NO5/c1-22(2)10-11-9-14-19(25-3)15-16(21(26-4)20(14)27-11)18(24)13-8-6-5-7-12(13)17(15)23/h5-9H,10H2,1-4H3. The first-order chi connectivity index (χ1) is 13.0. The van der Waals surface area contributed by atoms with Crippen LogP contribution < -0.4 is 9.47 Å². The molecule has 2 aromatic carbocycles. The summed E-state index contributed by atoms with van der Waals surface area (Å²) in [5.41, 5.74) is 1.55. The highest BCUT2D eigenvalue weighted by Gasteiger charge is 2.38. The van der Waals surface area contributed by atoms with Crippen molar-refractivity contribution >= 4 is 22.5 Å². The Morgan fingerprint density at radius 1 is 0.926 bits per heavy atom. The molecule has 1 aliphatic carbocycles. The normalized spacial score (nSPS) is 13.1. The molecule has 0 spiro atoms. The lowest BCUT2D eigenvalue weighted by Gasteiger charge is -2.22. The average molecular weight is 365 g/mol. The van der Waals surface area contributed by atoms with Crippen molar-refractivity contribution in [1.82, 2.24) is 4.90 Å². The summed E-state index contributed by atoms with van der Waals surface area (Å²) in [4.78, 5) is 28.4. The van der Waals surface area contributed by atoms with E-state index >= 15 is 0 Å². The number of furan rings is 1. The molecule has 0 N–H and O–H groups in total. The number of carbonyl (C=O) groups excluding carboxylic acids is 2. The Hall–Kier alpha value is -3.12. The molecule has 0 saturated carbocycles. The second-order valence-electron chi connectivity index (χ2n) is 6.71. The molecule has 138 valence electrons. The van der Waals surface area contributed by atoms with Crippen LogP contribution in [0.1, 0.15) is 37.6 Å². The van der Waals surface area contributed by atoms with Crippen LogP contribution in [-0.2, 0) is 6.54 Å². The Bertz CT molecular complexity index is 1010. The van der Waals surface area contributed by atoms with Crippen molar-refractivity contribution in [2.24, 2.45) is 0 Å². The van der Waals surface area contributed by atoms with E-state index in [0.29, 0.717) is 40.2 Å². The number of ether oxygens (including phenoxy) is 2. The summed E-state index contributed by atoms with van der Waals surface area (Å²) < 4.78 is 17.1. The second-order valence-corrected chi connectivity index (χ2v) is 6.71. The molecule has 1 heterocycles. The molecule has 3 aromatic rings. The second kappa shape index (κ2) is 6.25. The molecular formula is C21H19NO5. The van der Waals surface area contributed by atoms with E-state index in [2.05, 4.69) is 0 Å². The molecule has 0 atom stereocenters. The van der Waals surface area contributed by atoms with Gasteiger partial charge in [-0.1, -0.05) is 24.3 Å². The van der Waals surface area contributed by atoms with Crippen molar-refractivity contribution in [2.75, 3.05) is 28.3 Å². The van der Waals surface area contributed by atoms with Gasteiger partial charge in [0, 0.05) is 11.1 Å². The van der Waals surface area contributed by atoms with Crippen molar-refractivity contribution in [1.29, 1.82) is 0 Å². The van der Waals surface area contributed by atoms with Crippen LogP contribution in [0.2, 0.25) is 0 Å². The smallest absolute Gasteiger partial charge is 0.198 e. The SMILES string of the molecule is COc1c2c(c(OC)c3oc(CN(C)C)cc13)C(=O)c1ccccc1C2=O. The lowest BCUT2D eigenvalue weighted by Crippen LogP contribution is -2.22. The van der Waals surface area contributed by atoms with Gasteiger partial charge in [-0.3, -0.25) is 9.59 Å². The molecule has 0 amide bonds. The Labute approximate surface area is 156 Å². The Balaban J connectivity index is 2.10. The largest absolute Gasteiger partial charge is 0.495 e. The molecule has 1 aliphatic rings. The van der Waals surface area contributed by atoms with Crippen LogP contribution in [0, 0.1) is 0 Å². The van der Waals surface area contributed by atoms with Crippen LogP contribution in [0.15, 0.2) is 34.7 Å². The van der Waals surface area contributed by atoms with Crippen LogP contribution in [0.5, 0.6) is 11.5 Å². The van der Waals surface area contributed by atoms with Crippen LogP contribution in [0.25, 0.3) is 11.0 Å². The van der Waals surface area contributed by atoms with Gasteiger partial charge < -0.3 is 18.8 Å². The highest BCUT2D eigenvalue weighted by molar-refractivity contribution is 6.32. The fourth-order valence-electron chi connectivity index (χ4n) is 3.63. The van der Waals surface area contributed by atoms with E-state index in [0.717, 1.165) is 0 Å². The van der Waals surface area contributed by atoms with Crippen molar-refractivity contribution in [3.05, 3.63) is 58.3 Å². The van der Waals surface area contributed by atoms with Crippen molar-refractivity contribution in [2.45, 2.75) is 6.54 Å². The average Bonchev–Trinajstić information content (AvgIpc) is 3.06. The number of carbonyl (C=O) groups is 2. The summed E-state index contributed by atoms with van der Waals surface area (Å²) in [5, 5.41) is 0.616. The zero-order chi connectivity index (χ0) is 19.3. The van der Waals surface area contributed by atoms with Gasteiger partial charge in [0.2, 0.25) is 0 Å². The Morgan fingerprint density at radius 2 is 1.48 bits per heavy atom. The molecule has 0 unspecified atom stereocenters. The number of benzene rings is 2. The minimum atomic E-state index is -0.275. The fraction of sp³-hybridized carbons (Fsp3) is 0.238. The molecule has 6 nitrogen and oxygen atoms in total. The first-order valence-electron chi connectivity index (χ1n) is 8.51. The van der Waals surface area contributed by atoms with Crippen LogP contribution >= 0.6 is 0 Å². The third-order valence-electron chi connectivity index (χ3n) is 4.69. The minimum absolute atomic E-state index is 0.191. The topological polar surface area (TPSA) is 69.0 Å². The van der Waals surface area contributed by atoms with Crippen LogP contribution in [0.3, 0.4) is 0 Å². The predicted molar refractivity (Wildman–Crippen MR) is 100 cm³/mol. The summed E-state index contributed by atoms with van der Waals surface area (Å²) in [6.07, 6.45) is 0. The van der Waals surface area contributed by atoms with E-state index in [4.69, 9.17) is 13.9 Å². The quantitative estimate of drug-likeness (QED) is 0.553. The highest BCUT2D eigenvalue weighted by atomic mass is 16.5. The molecule has 1 aromatic heterocycles. The molecule has 0 radical (unpaired) electrons. The van der Waals surface area contributed by atoms with Crippen molar-refractivity contribution < 1.29 is 23.5 Å². The zero-order valence-corrected chi connectivity index (χ0v) is 15.6. The van der Waals surface area contributed by atoms with Gasteiger partial charge in [0.05, 0.1) is 37.3 Å². The van der Waals surface area contributed by atoms with Gasteiger partial charge in [-0.15, -0.1) is 0 Å². The summed E-state index contributed by atoms with van der Waals surface area (Å²) in [5.74, 6) is 0.753. The van der Waals surface area contributed by atoms with Crippen molar-refractivity contribution in [3.63, 3.8) is 0 Å². The molecule has 27 heavy (non-hydrogen) atoms. The predicted octanol–water partition coefficient (Wildman–Crippen LogP) is 3.29. The third kappa shape index (κ3) is 2.44. The molecule has 0 bridgehead atoms. The highest BCUT2D eigenvalue weighted by Crippen LogP contribution is 2.46. The van der Waals surface area contributed by atoms with Crippen molar-refractivity contribution in [3.8, 4) is 11.5 Å². The summed E-state index contributed by atoms with van der Waals surface area (Å²) in [7, 11) is 6.80. The number of hydrogen-bond acceptors (Lipinski definition) is 6. The number of fused-ring (bicyclic) bond motifs is 3. The van der Waals surface area contributed by atoms with Crippen LogP contribution in [0.4, 0.5) is 0 Å². The van der Waals surface area contributed by atoms with Gasteiger partial charge >= 0.3 is 0 Å². The number of ketones is 2. The third-order valence-corrected chi connectivity index (χ3v) is 4.69. The summed E-state index contributed by atoms with van der Waals surface area (Å²) in [6, 6.07) is 8.61. The first-order valence-corrected chi connectivity index (χ1v) is 8.51. The lowest BCUT2D eigenvalue weighted by molar-refractivity contribution is 0.0974. The number of hydrogen-bond donors (Lipinski definition) is 0. The zero-order valence-electron chi connectivity index (χ0n) is 15.6. The van der Waals surface area contributed by atoms with Gasteiger partial charge in [0.1, 0.15) is 11.5 Å². The van der Waals surface area contributed by atoms with Gasteiger partial charge in [0.25, 0.3) is 0 Å². The monoisotopic (exact) mass is 365 g/mol. The molecule has 0 fully saturated rings. The summed E-state index contributed by atoms with van der Waals surface area (Å²) >= 11 is 0. The molecule has 0 saturated heterocycles. The van der Waals surface area contributed by atoms with E-state index in [1.807, 2.05) is 25.1 Å². The lowest BCUT2D eigenvalue weighted by atomic mass is 9.82. The van der Waals surface area contributed by atoms with E-state index in [-0.39, 0.29) is 28.4 Å². The van der Waals surface area contributed by atoms with Gasteiger partial charge in [-0.05, 0) is 20.2 Å². The fourth-order valence-corrected chi connectivity index (χ4v) is 3.63. The Kier molecular flexibility index (Phi) is 4.00. The van der Waals surface area contributed by atoms with Gasteiger partial charge in [-0.25, -0.2) is 0 Å². The first kappa shape index (κ1) is 17.3. The maximum Gasteiger partial charge on any atom is 0.198 e. The number of rotatable bonds is 4.